The minimum Gasteiger partial charge on any atom is -0.367 e. The minimum atomic E-state index is -0.107. The zero-order chi connectivity index (χ0) is 15.4. The van der Waals surface area contributed by atoms with Crippen LogP contribution in [0.5, 0.6) is 0 Å². The Labute approximate surface area is 130 Å². The third kappa shape index (κ3) is 3.26. The number of hydrogen-bond donors (Lipinski definition) is 1. The van der Waals surface area contributed by atoms with Crippen LogP contribution in [0.15, 0.2) is 48.8 Å². The lowest BCUT2D eigenvalue weighted by Gasteiger charge is -2.35. The lowest BCUT2D eigenvalue weighted by atomic mass is 10.2. The lowest BCUT2D eigenvalue weighted by Crippen LogP contribution is -2.44. The van der Waals surface area contributed by atoms with Gasteiger partial charge in [0.25, 0.3) is 5.91 Å². The highest BCUT2D eigenvalue weighted by Gasteiger charge is 2.17. The minimum absolute atomic E-state index is 0.107. The summed E-state index contributed by atoms with van der Waals surface area (Å²) in [5, 5.41) is 3.01. The number of rotatable bonds is 3. The number of hydrogen-bond acceptors (Lipinski definition) is 4. The number of aromatic nitrogens is 1. The molecule has 1 aliphatic heterocycles. The average Bonchev–Trinajstić information content (AvgIpc) is 2.57. The Balaban J connectivity index is 1.78. The van der Waals surface area contributed by atoms with Crippen LogP contribution < -0.4 is 10.2 Å². The number of pyridine rings is 1. The van der Waals surface area contributed by atoms with Crippen LogP contribution >= 0.6 is 0 Å². The third-order valence-electron chi connectivity index (χ3n) is 3.94. The fourth-order valence-electron chi connectivity index (χ4n) is 2.60. The van der Waals surface area contributed by atoms with E-state index in [0.29, 0.717) is 5.56 Å². The van der Waals surface area contributed by atoms with Crippen LogP contribution in [-0.4, -0.2) is 49.0 Å². The highest BCUT2D eigenvalue weighted by Crippen LogP contribution is 2.26. The number of amides is 1. The molecule has 0 saturated carbocycles. The monoisotopic (exact) mass is 296 g/mol. The van der Waals surface area contributed by atoms with Gasteiger partial charge in [-0.15, -0.1) is 0 Å². The summed E-state index contributed by atoms with van der Waals surface area (Å²) in [6, 6.07) is 11.4. The van der Waals surface area contributed by atoms with E-state index in [-0.39, 0.29) is 5.91 Å². The quantitative estimate of drug-likeness (QED) is 0.942. The van der Waals surface area contributed by atoms with E-state index in [2.05, 4.69) is 33.2 Å². The van der Waals surface area contributed by atoms with Crippen molar-refractivity contribution in [3.63, 3.8) is 0 Å². The molecular weight excluding hydrogens is 276 g/mol. The van der Waals surface area contributed by atoms with Crippen LogP contribution in [0.25, 0.3) is 0 Å². The van der Waals surface area contributed by atoms with Crippen LogP contribution in [0.1, 0.15) is 10.4 Å². The number of carbonyl (C=O) groups excluding carboxylic acids is 1. The van der Waals surface area contributed by atoms with Gasteiger partial charge in [0.05, 0.1) is 11.4 Å². The summed E-state index contributed by atoms with van der Waals surface area (Å²) in [5.41, 5.74) is 2.55. The number of para-hydroxylation sites is 2. The SMILES string of the molecule is CN1CCN(c2ccccc2NC(=O)c2ccncc2)CC1. The number of nitrogens with zero attached hydrogens (tertiary/aromatic N) is 3. The van der Waals surface area contributed by atoms with Gasteiger partial charge in [-0.3, -0.25) is 9.78 Å². The maximum Gasteiger partial charge on any atom is 0.255 e. The number of anilines is 2. The molecule has 22 heavy (non-hydrogen) atoms. The molecular formula is C17H20N4O. The Morgan fingerprint density at radius 3 is 2.45 bits per heavy atom. The summed E-state index contributed by atoms with van der Waals surface area (Å²) in [4.78, 5) is 20.9. The molecule has 1 N–H and O–H groups in total. The Kier molecular flexibility index (Phi) is 4.34. The molecule has 1 aromatic heterocycles. The first-order chi connectivity index (χ1) is 10.7. The van der Waals surface area contributed by atoms with Crippen LogP contribution in [0.2, 0.25) is 0 Å². The van der Waals surface area contributed by atoms with Crippen LogP contribution in [0.3, 0.4) is 0 Å². The van der Waals surface area contributed by atoms with E-state index in [9.17, 15) is 4.79 Å². The third-order valence-corrected chi connectivity index (χ3v) is 3.94. The Bertz CT molecular complexity index is 636. The normalized spacial score (nSPS) is 15.6. The Morgan fingerprint density at radius 2 is 1.73 bits per heavy atom. The molecule has 5 nitrogen and oxygen atoms in total. The molecule has 0 spiro atoms. The van der Waals surface area contributed by atoms with Gasteiger partial charge < -0.3 is 15.1 Å². The molecule has 3 rings (SSSR count). The second kappa shape index (κ2) is 6.58. The Morgan fingerprint density at radius 1 is 1.05 bits per heavy atom. The molecule has 2 aromatic rings. The van der Waals surface area contributed by atoms with Gasteiger partial charge in [-0.05, 0) is 31.3 Å². The molecule has 0 aliphatic carbocycles. The van der Waals surface area contributed by atoms with Gasteiger partial charge in [-0.1, -0.05) is 12.1 Å². The zero-order valence-electron chi connectivity index (χ0n) is 12.7. The first-order valence-corrected chi connectivity index (χ1v) is 7.48. The van der Waals surface area contributed by atoms with Crippen LogP contribution in [-0.2, 0) is 0 Å². The van der Waals surface area contributed by atoms with Gasteiger partial charge in [0, 0.05) is 44.1 Å². The molecule has 1 fully saturated rings. The van der Waals surface area contributed by atoms with E-state index >= 15 is 0 Å². The van der Waals surface area contributed by atoms with Gasteiger partial charge in [0.2, 0.25) is 0 Å². The van der Waals surface area contributed by atoms with Crippen molar-refractivity contribution >= 4 is 17.3 Å². The van der Waals surface area contributed by atoms with Gasteiger partial charge in [0.1, 0.15) is 0 Å². The molecule has 0 atom stereocenters. The number of benzene rings is 1. The van der Waals surface area contributed by atoms with E-state index in [0.717, 1.165) is 37.6 Å². The highest BCUT2D eigenvalue weighted by molar-refractivity contribution is 6.05. The summed E-state index contributed by atoms with van der Waals surface area (Å²) in [5.74, 6) is -0.107. The number of carbonyl (C=O) groups is 1. The summed E-state index contributed by atoms with van der Waals surface area (Å²) in [6.45, 7) is 4.01. The second-order valence-electron chi connectivity index (χ2n) is 5.50. The van der Waals surface area contributed by atoms with Crippen molar-refractivity contribution in [2.75, 3.05) is 43.4 Å². The largest absolute Gasteiger partial charge is 0.367 e. The summed E-state index contributed by atoms with van der Waals surface area (Å²) in [7, 11) is 2.13. The van der Waals surface area contributed by atoms with E-state index in [1.807, 2.05) is 18.2 Å². The maximum atomic E-state index is 12.3. The average molecular weight is 296 g/mol. The molecule has 1 aromatic carbocycles. The van der Waals surface area contributed by atoms with Crippen molar-refractivity contribution in [2.24, 2.45) is 0 Å². The summed E-state index contributed by atoms with van der Waals surface area (Å²) < 4.78 is 0. The van der Waals surface area contributed by atoms with Crippen LogP contribution in [0.4, 0.5) is 11.4 Å². The van der Waals surface area contributed by atoms with E-state index in [1.165, 1.54) is 0 Å². The first-order valence-electron chi connectivity index (χ1n) is 7.48. The van der Waals surface area contributed by atoms with Crippen molar-refractivity contribution in [3.05, 3.63) is 54.4 Å². The molecule has 2 heterocycles. The summed E-state index contributed by atoms with van der Waals surface area (Å²) in [6.07, 6.45) is 3.25. The number of piperazine rings is 1. The van der Waals surface area contributed by atoms with Crippen molar-refractivity contribution < 1.29 is 4.79 Å². The van der Waals surface area contributed by atoms with Crippen molar-refractivity contribution in [3.8, 4) is 0 Å². The summed E-state index contributed by atoms with van der Waals surface area (Å²) >= 11 is 0. The topological polar surface area (TPSA) is 48.5 Å². The van der Waals surface area contributed by atoms with Crippen molar-refractivity contribution in [1.29, 1.82) is 0 Å². The zero-order valence-corrected chi connectivity index (χ0v) is 12.7. The molecule has 5 heteroatoms. The molecule has 1 aliphatic rings. The molecule has 1 saturated heterocycles. The molecule has 0 bridgehead atoms. The predicted molar refractivity (Wildman–Crippen MR) is 88.3 cm³/mol. The van der Waals surface area contributed by atoms with Crippen molar-refractivity contribution in [1.82, 2.24) is 9.88 Å². The number of nitrogens with one attached hydrogen (secondary N) is 1. The van der Waals surface area contributed by atoms with Crippen molar-refractivity contribution in [2.45, 2.75) is 0 Å². The molecule has 0 radical (unpaired) electrons. The Hall–Kier alpha value is -2.40. The molecule has 114 valence electrons. The number of likely N-dealkylation sites (N-methyl/N-ethyl adjacent to an activating group) is 1. The molecule has 1 amide bonds. The highest BCUT2D eigenvalue weighted by atomic mass is 16.1. The lowest BCUT2D eigenvalue weighted by molar-refractivity contribution is 0.102. The fraction of sp³-hybridized carbons (Fsp3) is 0.294. The van der Waals surface area contributed by atoms with Crippen LogP contribution in [0, 0.1) is 0 Å². The van der Waals surface area contributed by atoms with E-state index < -0.39 is 0 Å². The van der Waals surface area contributed by atoms with E-state index in [4.69, 9.17) is 0 Å². The van der Waals surface area contributed by atoms with Gasteiger partial charge in [0.15, 0.2) is 0 Å². The maximum absolute atomic E-state index is 12.3. The van der Waals surface area contributed by atoms with Gasteiger partial charge in [-0.25, -0.2) is 0 Å². The predicted octanol–water partition coefficient (Wildman–Crippen LogP) is 2.09. The van der Waals surface area contributed by atoms with Gasteiger partial charge in [-0.2, -0.15) is 0 Å². The second-order valence-corrected chi connectivity index (χ2v) is 5.50. The smallest absolute Gasteiger partial charge is 0.255 e. The fourth-order valence-corrected chi connectivity index (χ4v) is 2.60. The molecule has 0 unspecified atom stereocenters. The first kappa shape index (κ1) is 14.5. The van der Waals surface area contributed by atoms with Gasteiger partial charge >= 0.3 is 0 Å². The standard InChI is InChI=1S/C17H20N4O/c1-20-10-12-21(13-11-20)16-5-3-2-4-15(16)19-17(22)14-6-8-18-9-7-14/h2-9H,10-13H2,1H3,(H,19,22). The van der Waals surface area contributed by atoms with E-state index in [1.54, 1.807) is 24.5 Å².